The molecule has 0 saturated heterocycles. The lowest BCUT2D eigenvalue weighted by atomic mass is 10.0. The number of para-hydroxylation sites is 1. The van der Waals surface area contributed by atoms with Crippen molar-refractivity contribution in [2.45, 2.75) is 37.8 Å². The first kappa shape index (κ1) is 32.5. The number of benzene rings is 2. The van der Waals surface area contributed by atoms with Crippen molar-refractivity contribution < 1.29 is 14.7 Å². The molecule has 7 nitrogen and oxygen atoms in total. The number of carbonyl (C=O) groups is 1. The summed E-state index contributed by atoms with van der Waals surface area (Å²) in [4.78, 5) is 14.7. The van der Waals surface area contributed by atoms with Crippen LogP contribution in [-0.4, -0.2) is 42.6 Å². The molecular formula is C28H40N4O3S2. The Labute approximate surface area is 230 Å². The van der Waals surface area contributed by atoms with Gasteiger partial charge in [0.15, 0.2) is 0 Å². The number of allylic oxidation sites excluding steroid dienone is 1. The molecule has 0 atom stereocenters. The second-order valence-electron chi connectivity index (χ2n) is 8.02. The van der Waals surface area contributed by atoms with Crippen molar-refractivity contribution >= 4 is 47.5 Å². The number of aromatic nitrogens is 1. The first-order valence-corrected chi connectivity index (χ1v) is 13.5. The fourth-order valence-corrected chi connectivity index (χ4v) is 4.78. The summed E-state index contributed by atoms with van der Waals surface area (Å²) in [6.45, 7) is 6.96. The van der Waals surface area contributed by atoms with Gasteiger partial charge in [0.1, 0.15) is 0 Å². The molecular weight excluding hydrogens is 504 g/mol. The maximum Gasteiger partial charge on any atom is 0.267 e. The quantitative estimate of drug-likeness (QED) is 0.0601. The molecule has 1 aromatic heterocycles. The molecule has 37 heavy (non-hydrogen) atoms. The summed E-state index contributed by atoms with van der Waals surface area (Å²) in [7, 11) is 3.25. The lowest BCUT2D eigenvalue weighted by Crippen LogP contribution is -2.16. The monoisotopic (exact) mass is 544 g/mol. The third-order valence-corrected chi connectivity index (χ3v) is 6.35. The fraction of sp³-hybridized carbons (Fsp3) is 0.321. The summed E-state index contributed by atoms with van der Waals surface area (Å²) in [5.41, 5.74) is 7.86. The summed E-state index contributed by atoms with van der Waals surface area (Å²) in [6.07, 6.45) is 8.14. The largest absolute Gasteiger partial charge is 0.388 e. The standard InChI is InChI=1S/C23H25N3O2S.C3H6.C2H6O.H3NS/c27-21(26-28)11-10-16-6-8-17(9-7-16)15-24-13-12-18-3-1-4-19-20-5-2-14-29-23(20)25-22(18)19;2*1-3-2;1-2/h1,3-4,6-11,24-25,28H,2,5,12-15H2,(H,26,27);3H,1H2,2H3;1-2H3;2H,1H2/b11-10+;;;. The molecule has 1 aliphatic rings. The summed E-state index contributed by atoms with van der Waals surface area (Å²) in [5.74, 6) is 0.673. The van der Waals surface area contributed by atoms with E-state index in [1.54, 1.807) is 31.9 Å². The van der Waals surface area contributed by atoms with Crippen LogP contribution in [0.25, 0.3) is 17.0 Å². The number of hydrogen-bond donors (Lipinski definition) is 6. The number of nitrogens with two attached hydrogens (primary N) is 1. The van der Waals surface area contributed by atoms with Crippen LogP contribution in [0.1, 0.15) is 35.6 Å². The molecule has 0 unspecified atom stereocenters. The summed E-state index contributed by atoms with van der Waals surface area (Å²) < 4.78 is 4.25. The van der Waals surface area contributed by atoms with Crippen molar-refractivity contribution in [3.63, 3.8) is 0 Å². The number of rotatable bonds is 7. The highest BCUT2D eigenvalue weighted by atomic mass is 32.2. The molecule has 2 heterocycles. The number of methoxy groups -OCH3 is 1. The number of carbonyl (C=O) groups excluding carboxylic acids is 1. The third-order valence-electron chi connectivity index (χ3n) is 5.22. The third kappa shape index (κ3) is 11.2. The van der Waals surface area contributed by atoms with E-state index in [-0.39, 0.29) is 0 Å². The molecule has 9 heteroatoms. The van der Waals surface area contributed by atoms with Crippen molar-refractivity contribution in [1.82, 2.24) is 15.8 Å². The summed E-state index contributed by atoms with van der Waals surface area (Å²) in [6, 6.07) is 14.6. The summed E-state index contributed by atoms with van der Waals surface area (Å²) >= 11 is 4.97. The van der Waals surface area contributed by atoms with Gasteiger partial charge in [-0.3, -0.25) is 15.1 Å². The van der Waals surface area contributed by atoms with Crippen LogP contribution in [0, 0.1) is 0 Å². The number of hydroxylamine groups is 1. The molecule has 0 radical (unpaired) electrons. The SMILES string of the molecule is C=CC.COC.NS.O=C(/C=C/c1ccc(CNCCc2cccc3c4c([nH]c23)SCCC4)cc1)NO. The van der Waals surface area contributed by atoms with Crippen molar-refractivity contribution in [2.24, 2.45) is 5.14 Å². The maximum absolute atomic E-state index is 11.0. The molecule has 6 N–H and O–H groups in total. The van der Waals surface area contributed by atoms with E-state index < -0.39 is 5.91 Å². The average Bonchev–Trinajstić information content (AvgIpc) is 3.32. The molecule has 0 aliphatic carbocycles. The Morgan fingerprint density at radius 3 is 2.57 bits per heavy atom. The van der Waals surface area contributed by atoms with Crippen molar-refractivity contribution in [1.29, 1.82) is 0 Å². The van der Waals surface area contributed by atoms with Crippen LogP contribution < -0.4 is 15.9 Å². The predicted octanol–water partition coefficient (Wildman–Crippen LogP) is 5.30. The van der Waals surface area contributed by atoms with Gasteiger partial charge in [-0.15, -0.1) is 31.2 Å². The zero-order chi connectivity index (χ0) is 27.5. The zero-order valence-corrected chi connectivity index (χ0v) is 23.6. The highest BCUT2D eigenvalue weighted by Crippen LogP contribution is 2.36. The number of aryl methyl sites for hydroxylation is 1. The van der Waals surface area contributed by atoms with E-state index in [2.05, 4.69) is 57.8 Å². The number of aromatic amines is 1. The minimum Gasteiger partial charge on any atom is -0.388 e. The number of ether oxygens (including phenoxy) is 1. The first-order chi connectivity index (χ1) is 18.1. The van der Waals surface area contributed by atoms with Gasteiger partial charge in [0, 0.05) is 37.7 Å². The van der Waals surface area contributed by atoms with Gasteiger partial charge in [0.2, 0.25) is 0 Å². The molecule has 4 rings (SSSR count). The Kier molecular flexibility index (Phi) is 17.2. The second kappa shape index (κ2) is 19.6. The number of hydrogen-bond acceptors (Lipinski definition) is 7. The number of nitrogens with one attached hydrogen (secondary N) is 3. The van der Waals surface area contributed by atoms with Gasteiger partial charge in [0.25, 0.3) is 5.91 Å². The Morgan fingerprint density at radius 1 is 1.24 bits per heavy atom. The number of amides is 1. The predicted molar refractivity (Wildman–Crippen MR) is 160 cm³/mol. The molecule has 0 spiro atoms. The van der Waals surface area contributed by atoms with Crippen molar-refractivity contribution in [3.8, 4) is 0 Å². The Bertz CT molecular complexity index is 1100. The molecule has 0 fully saturated rings. The van der Waals surface area contributed by atoms with Crippen LogP contribution >= 0.6 is 24.6 Å². The minimum atomic E-state index is -0.535. The van der Waals surface area contributed by atoms with E-state index in [0.717, 1.165) is 25.1 Å². The van der Waals surface area contributed by atoms with Gasteiger partial charge in [-0.05, 0) is 66.8 Å². The highest BCUT2D eigenvalue weighted by Gasteiger charge is 2.17. The molecule has 1 aliphatic heterocycles. The molecule has 0 saturated carbocycles. The van der Waals surface area contributed by atoms with Gasteiger partial charge in [-0.25, -0.2) is 5.48 Å². The molecule has 3 aromatic rings. The Hall–Kier alpha value is -2.53. The second-order valence-corrected chi connectivity index (χ2v) is 9.12. The lowest BCUT2D eigenvalue weighted by Gasteiger charge is -2.09. The molecule has 202 valence electrons. The topological polar surface area (TPSA) is 112 Å². The van der Waals surface area contributed by atoms with E-state index in [9.17, 15) is 4.79 Å². The number of thioether (sulfide) groups is 1. The van der Waals surface area contributed by atoms with Crippen LogP contribution in [0.2, 0.25) is 0 Å². The fourth-order valence-electron chi connectivity index (χ4n) is 3.72. The Morgan fingerprint density at radius 2 is 1.92 bits per heavy atom. The minimum absolute atomic E-state index is 0.535. The van der Waals surface area contributed by atoms with Crippen LogP contribution in [0.4, 0.5) is 0 Å². The van der Waals surface area contributed by atoms with Gasteiger partial charge in [-0.1, -0.05) is 48.5 Å². The van der Waals surface area contributed by atoms with Crippen LogP contribution in [-0.2, 0) is 28.9 Å². The lowest BCUT2D eigenvalue weighted by molar-refractivity contribution is -0.124. The number of thiol groups is 1. The van der Waals surface area contributed by atoms with Crippen LogP contribution in [0.15, 0.2) is 66.2 Å². The van der Waals surface area contributed by atoms with E-state index in [4.69, 9.17) is 5.21 Å². The van der Waals surface area contributed by atoms with Crippen molar-refractivity contribution in [2.75, 3.05) is 26.5 Å². The van der Waals surface area contributed by atoms with E-state index in [1.807, 2.05) is 43.0 Å². The van der Waals surface area contributed by atoms with Gasteiger partial charge in [-0.2, -0.15) is 0 Å². The molecule has 2 aromatic carbocycles. The molecule has 0 bridgehead atoms. The van der Waals surface area contributed by atoms with E-state index >= 15 is 0 Å². The smallest absolute Gasteiger partial charge is 0.267 e. The van der Waals surface area contributed by atoms with Gasteiger partial charge < -0.3 is 15.0 Å². The first-order valence-electron chi connectivity index (χ1n) is 12.0. The normalized spacial score (nSPS) is 11.7. The highest BCUT2D eigenvalue weighted by molar-refractivity contribution is 7.99. The summed E-state index contributed by atoms with van der Waals surface area (Å²) in [5, 5.41) is 19.0. The maximum atomic E-state index is 11.0. The van der Waals surface area contributed by atoms with Crippen LogP contribution in [0.5, 0.6) is 0 Å². The number of fused-ring (bicyclic) bond motifs is 3. The van der Waals surface area contributed by atoms with Crippen LogP contribution in [0.3, 0.4) is 0 Å². The van der Waals surface area contributed by atoms with E-state index in [0.29, 0.717) is 0 Å². The average molecular weight is 545 g/mol. The zero-order valence-electron chi connectivity index (χ0n) is 21.9. The van der Waals surface area contributed by atoms with Gasteiger partial charge in [0.05, 0.1) is 5.03 Å². The van der Waals surface area contributed by atoms with E-state index in [1.165, 1.54) is 57.3 Å². The Balaban J connectivity index is 0.000000767. The van der Waals surface area contributed by atoms with Gasteiger partial charge >= 0.3 is 0 Å². The number of H-pyrrole nitrogens is 1. The molecule has 1 amide bonds. The van der Waals surface area contributed by atoms with Crippen molar-refractivity contribution in [3.05, 3.63) is 83.4 Å².